The van der Waals surface area contributed by atoms with Crippen molar-refractivity contribution in [2.75, 3.05) is 13.1 Å². The number of aliphatic carboxylic acids is 1. The number of nitrogens with zero attached hydrogens (tertiary/aromatic N) is 4. The Morgan fingerprint density at radius 1 is 1.23 bits per heavy atom. The molecule has 10 nitrogen and oxygen atoms in total. The molecule has 0 aliphatic rings. The van der Waals surface area contributed by atoms with Crippen LogP contribution in [-0.2, 0) is 14.3 Å². The highest BCUT2D eigenvalue weighted by Gasteiger charge is 2.36. The minimum absolute atomic E-state index is 0.0408. The molecule has 1 atom stereocenters. The van der Waals surface area contributed by atoms with E-state index in [-0.39, 0.29) is 19.4 Å². The van der Waals surface area contributed by atoms with Crippen molar-refractivity contribution >= 4 is 18.0 Å². The predicted molar refractivity (Wildman–Crippen MR) is 95.3 cm³/mol. The van der Waals surface area contributed by atoms with Gasteiger partial charge in [0.05, 0.1) is 0 Å². The van der Waals surface area contributed by atoms with Crippen LogP contribution in [0.2, 0.25) is 0 Å². The molecule has 2 amide bonds. The number of hydrogen-bond acceptors (Lipinski definition) is 6. The van der Waals surface area contributed by atoms with Gasteiger partial charge in [0.25, 0.3) is 0 Å². The number of carbonyl (C=O) groups excluding carboxylic acids is 2. The summed E-state index contributed by atoms with van der Waals surface area (Å²) in [4.78, 5) is 39.9. The number of carbonyl (C=O) groups is 3. The number of hydrogen-bond donors (Lipinski definition) is 2. The summed E-state index contributed by atoms with van der Waals surface area (Å²) in [6, 6.07) is -1.30. The fourth-order valence-electron chi connectivity index (χ4n) is 2.18. The first-order valence-corrected chi connectivity index (χ1v) is 8.62. The van der Waals surface area contributed by atoms with Crippen LogP contribution in [0.5, 0.6) is 0 Å². The summed E-state index contributed by atoms with van der Waals surface area (Å²) in [6.07, 6.45) is 0.979. The average Bonchev–Trinajstić information content (AvgIpc) is 2.51. The minimum Gasteiger partial charge on any atom is -0.480 e. The van der Waals surface area contributed by atoms with Crippen LogP contribution in [0.3, 0.4) is 0 Å². The Balaban J connectivity index is 5.22. The van der Waals surface area contributed by atoms with Crippen molar-refractivity contribution in [2.24, 2.45) is 10.8 Å². The van der Waals surface area contributed by atoms with Crippen LogP contribution in [0, 0.1) is 0 Å². The molecule has 0 aliphatic carbocycles. The van der Waals surface area contributed by atoms with E-state index in [1.807, 2.05) is 0 Å². The topological polar surface area (TPSA) is 159 Å². The number of rotatable bonds is 11. The van der Waals surface area contributed by atoms with E-state index in [4.69, 9.17) is 16.0 Å². The maximum atomic E-state index is 12.5. The van der Waals surface area contributed by atoms with Gasteiger partial charge in [0.1, 0.15) is 11.6 Å². The molecule has 10 heteroatoms. The normalized spacial score (nSPS) is 12.0. The first-order valence-electron chi connectivity index (χ1n) is 8.62. The summed E-state index contributed by atoms with van der Waals surface area (Å²) >= 11 is 0. The Labute approximate surface area is 153 Å². The molecular formula is C16H29N5O5. The number of carboxylic acid groups (broad SMARTS) is 1. The van der Waals surface area contributed by atoms with Gasteiger partial charge in [-0.3, -0.25) is 4.79 Å². The van der Waals surface area contributed by atoms with Crippen molar-refractivity contribution in [3.05, 3.63) is 10.4 Å². The quantitative estimate of drug-likeness (QED) is 0.246. The molecule has 3 N–H and O–H groups in total. The molecule has 0 rings (SSSR count). The van der Waals surface area contributed by atoms with Crippen LogP contribution >= 0.6 is 0 Å². The highest BCUT2D eigenvalue weighted by atomic mass is 16.6. The Bertz CT molecular complexity index is 526. The molecule has 0 spiro atoms. The Morgan fingerprint density at radius 3 is 2.38 bits per heavy atom. The van der Waals surface area contributed by atoms with Crippen molar-refractivity contribution in [1.29, 1.82) is 0 Å². The van der Waals surface area contributed by atoms with Crippen LogP contribution in [0.1, 0.15) is 59.3 Å². The van der Waals surface area contributed by atoms with Gasteiger partial charge in [-0.25, -0.2) is 14.5 Å². The molecule has 0 aromatic rings. The molecule has 0 bridgehead atoms. The van der Waals surface area contributed by atoms with Gasteiger partial charge in [-0.15, -0.1) is 0 Å². The Morgan fingerprint density at radius 2 is 1.88 bits per heavy atom. The van der Waals surface area contributed by atoms with E-state index >= 15 is 0 Å². The number of imide groups is 1. The van der Waals surface area contributed by atoms with Crippen molar-refractivity contribution in [3.8, 4) is 0 Å². The van der Waals surface area contributed by atoms with E-state index in [1.54, 1.807) is 20.8 Å². The Kier molecular flexibility index (Phi) is 11.0. The fraction of sp³-hybridized carbons (Fsp3) is 0.812. The summed E-state index contributed by atoms with van der Waals surface area (Å²) in [6.45, 7) is 5.54. The summed E-state index contributed by atoms with van der Waals surface area (Å²) in [5, 5.41) is 12.9. The van der Waals surface area contributed by atoms with Crippen LogP contribution in [0.4, 0.5) is 4.79 Å². The van der Waals surface area contributed by atoms with Crippen molar-refractivity contribution in [3.63, 3.8) is 0 Å². The number of nitrogens with two attached hydrogens (primary N) is 1. The molecule has 0 heterocycles. The van der Waals surface area contributed by atoms with Crippen molar-refractivity contribution < 1.29 is 24.2 Å². The van der Waals surface area contributed by atoms with Crippen molar-refractivity contribution in [2.45, 2.75) is 70.9 Å². The molecule has 148 valence electrons. The van der Waals surface area contributed by atoms with E-state index in [0.29, 0.717) is 37.1 Å². The molecule has 0 aromatic carbocycles. The minimum atomic E-state index is -1.30. The Hall–Kier alpha value is -2.32. The third-order valence-corrected chi connectivity index (χ3v) is 3.35. The molecule has 0 fully saturated rings. The zero-order valence-electron chi connectivity index (χ0n) is 15.7. The second-order valence-corrected chi connectivity index (χ2v) is 6.79. The largest absolute Gasteiger partial charge is 0.480 e. The molecule has 1 unspecified atom stereocenters. The van der Waals surface area contributed by atoms with Crippen molar-refractivity contribution in [1.82, 2.24) is 4.90 Å². The molecule has 26 heavy (non-hydrogen) atoms. The van der Waals surface area contributed by atoms with E-state index in [2.05, 4.69) is 10.0 Å². The van der Waals surface area contributed by atoms with Gasteiger partial charge in [0, 0.05) is 17.9 Å². The highest BCUT2D eigenvalue weighted by Crippen LogP contribution is 2.18. The summed E-state index contributed by atoms with van der Waals surface area (Å²) in [5.74, 6) is -1.89. The lowest BCUT2D eigenvalue weighted by Gasteiger charge is -2.30. The number of ether oxygens (including phenoxy) is 1. The summed E-state index contributed by atoms with van der Waals surface area (Å²) in [5.41, 5.74) is 12.8. The van der Waals surface area contributed by atoms with E-state index in [9.17, 15) is 19.5 Å². The second kappa shape index (κ2) is 12.1. The monoisotopic (exact) mass is 371 g/mol. The zero-order valence-corrected chi connectivity index (χ0v) is 15.7. The fourth-order valence-corrected chi connectivity index (χ4v) is 2.18. The third kappa shape index (κ3) is 9.85. The third-order valence-electron chi connectivity index (χ3n) is 3.35. The number of amides is 2. The highest BCUT2D eigenvalue weighted by molar-refractivity contribution is 5.96. The van der Waals surface area contributed by atoms with Gasteiger partial charge in [-0.05, 0) is 65.0 Å². The molecule has 0 radical (unpaired) electrons. The number of unbranched alkanes of at least 4 members (excludes halogenated alkanes) is 2. The first-order chi connectivity index (χ1) is 12.1. The maximum Gasteiger partial charge on any atom is 0.417 e. The van der Waals surface area contributed by atoms with Gasteiger partial charge < -0.3 is 15.6 Å². The van der Waals surface area contributed by atoms with Gasteiger partial charge >= 0.3 is 12.1 Å². The number of carboxylic acids is 1. The lowest BCUT2D eigenvalue weighted by Crippen LogP contribution is -2.50. The SMILES string of the molecule is CC(C)(C)OC(=O)N(C(=O)CCCCN=[N+]=[N-])C(CCCCN)C(=O)O. The van der Waals surface area contributed by atoms with E-state index in [1.165, 1.54) is 0 Å². The smallest absolute Gasteiger partial charge is 0.417 e. The maximum absolute atomic E-state index is 12.5. The predicted octanol–water partition coefficient (Wildman–Crippen LogP) is 2.81. The van der Waals surface area contributed by atoms with Gasteiger partial charge in [0.2, 0.25) is 5.91 Å². The molecule has 0 saturated heterocycles. The summed E-state index contributed by atoms with van der Waals surface area (Å²) in [7, 11) is 0. The van der Waals surface area contributed by atoms with Crippen LogP contribution in [-0.4, -0.2) is 52.7 Å². The van der Waals surface area contributed by atoms with E-state index < -0.39 is 29.6 Å². The summed E-state index contributed by atoms with van der Waals surface area (Å²) < 4.78 is 5.21. The van der Waals surface area contributed by atoms with Gasteiger partial charge in [0.15, 0.2) is 0 Å². The molecule has 0 saturated carbocycles. The first kappa shape index (κ1) is 23.7. The molecule has 0 aliphatic heterocycles. The second-order valence-electron chi connectivity index (χ2n) is 6.79. The standard InChI is InChI=1S/C16H29N5O5/c1-16(2,3)26-15(25)21(12(14(23)24)8-4-6-10-17)13(22)9-5-7-11-19-20-18/h12H,4-11,17H2,1-3H3,(H,23,24). The van der Waals surface area contributed by atoms with Gasteiger partial charge in [-0.1, -0.05) is 5.11 Å². The zero-order chi connectivity index (χ0) is 20.2. The lowest BCUT2D eigenvalue weighted by molar-refractivity contribution is -0.150. The molecule has 0 aromatic heterocycles. The van der Waals surface area contributed by atoms with Crippen LogP contribution < -0.4 is 5.73 Å². The van der Waals surface area contributed by atoms with E-state index in [0.717, 1.165) is 0 Å². The van der Waals surface area contributed by atoms with Crippen LogP contribution in [0.25, 0.3) is 10.4 Å². The average molecular weight is 371 g/mol. The van der Waals surface area contributed by atoms with Gasteiger partial charge in [-0.2, -0.15) is 0 Å². The molecular weight excluding hydrogens is 342 g/mol. The van der Waals surface area contributed by atoms with Crippen LogP contribution in [0.15, 0.2) is 5.11 Å². The number of azide groups is 1. The lowest BCUT2D eigenvalue weighted by atomic mass is 10.1.